The lowest BCUT2D eigenvalue weighted by atomic mass is 9.99. The van der Waals surface area contributed by atoms with Gasteiger partial charge in [0.25, 0.3) is 0 Å². The molecule has 3 rings (SSSR count). The van der Waals surface area contributed by atoms with Crippen LogP contribution < -0.4 is 5.73 Å². The molecule has 1 fully saturated rings. The molecule has 23 heavy (non-hydrogen) atoms. The van der Waals surface area contributed by atoms with Crippen molar-refractivity contribution in [3.8, 4) is 11.1 Å². The van der Waals surface area contributed by atoms with Gasteiger partial charge in [-0.25, -0.2) is 0 Å². The average Bonchev–Trinajstić information content (AvgIpc) is 3.07. The number of nitrogens with zero attached hydrogens (tertiary/aromatic N) is 3. The van der Waals surface area contributed by atoms with Crippen molar-refractivity contribution in [2.45, 2.75) is 32.9 Å². The minimum Gasteiger partial charge on any atom is -0.330 e. The molecule has 2 atom stereocenters. The summed E-state index contributed by atoms with van der Waals surface area (Å²) in [7, 11) is 1.97. The van der Waals surface area contributed by atoms with E-state index >= 15 is 0 Å². The number of hydrogen-bond donors (Lipinski definition) is 1. The smallest absolute Gasteiger partial charge is 0.0568 e. The van der Waals surface area contributed by atoms with Crippen molar-refractivity contribution < 1.29 is 0 Å². The summed E-state index contributed by atoms with van der Waals surface area (Å²) < 4.78 is 1.87. The van der Waals surface area contributed by atoms with E-state index < -0.39 is 0 Å². The topological polar surface area (TPSA) is 47.1 Å². The van der Waals surface area contributed by atoms with Crippen LogP contribution >= 0.6 is 12.4 Å². The molecular weight excluding hydrogens is 308 g/mol. The van der Waals surface area contributed by atoms with Gasteiger partial charge in [-0.2, -0.15) is 5.10 Å². The van der Waals surface area contributed by atoms with Crippen LogP contribution in [0.15, 0.2) is 30.6 Å². The largest absolute Gasteiger partial charge is 0.330 e. The number of likely N-dealkylation sites (tertiary alicyclic amines) is 1. The monoisotopic (exact) mass is 334 g/mol. The van der Waals surface area contributed by atoms with Gasteiger partial charge in [-0.1, -0.05) is 23.8 Å². The quantitative estimate of drug-likeness (QED) is 0.935. The average molecular weight is 335 g/mol. The maximum absolute atomic E-state index is 5.86. The third-order valence-corrected chi connectivity index (χ3v) is 4.78. The van der Waals surface area contributed by atoms with Gasteiger partial charge in [-0.05, 0) is 43.9 Å². The highest BCUT2D eigenvalue weighted by Gasteiger charge is 2.28. The van der Waals surface area contributed by atoms with E-state index in [1.54, 1.807) is 0 Å². The fourth-order valence-corrected chi connectivity index (χ4v) is 3.48. The molecule has 126 valence electrons. The van der Waals surface area contributed by atoms with Crippen LogP contribution in [0.25, 0.3) is 11.1 Å². The van der Waals surface area contributed by atoms with E-state index in [0.717, 1.165) is 19.6 Å². The summed E-state index contributed by atoms with van der Waals surface area (Å²) in [6, 6.07) is 7.35. The Kier molecular flexibility index (Phi) is 5.84. The summed E-state index contributed by atoms with van der Waals surface area (Å²) >= 11 is 0. The predicted octanol–water partition coefficient (Wildman–Crippen LogP) is 2.99. The van der Waals surface area contributed by atoms with Gasteiger partial charge in [0, 0.05) is 37.9 Å². The van der Waals surface area contributed by atoms with Crippen LogP contribution in [0.1, 0.15) is 24.5 Å². The van der Waals surface area contributed by atoms with Crippen molar-refractivity contribution in [2.24, 2.45) is 18.7 Å². The van der Waals surface area contributed by atoms with E-state index in [0.29, 0.717) is 12.0 Å². The fourth-order valence-electron chi connectivity index (χ4n) is 3.48. The number of rotatable bonds is 4. The van der Waals surface area contributed by atoms with Gasteiger partial charge in [0.1, 0.15) is 0 Å². The van der Waals surface area contributed by atoms with Crippen LogP contribution in [0.4, 0.5) is 0 Å². The summed E-state index contributed by atoms with van der Waals surface area (Å²) in [5, 5.41) is 4.32. The maximum atomic E-state index is 5.86. The lowest BCUT2D eigenvalue weighted by Crippen LogP contribution is -2.27. The zero-order valence-electron chi connectivity index (χ0n) is 14.2. The fraction of sp³-hybridized carbons (Fsp3) is 0.500. The minimum absolute atomic E-state index is 0. The van der Waals surface area contributed by atoms with Gasteiger partial charge in [-0.15, -0.1) is 12.4 Å². The van der Waals surface area contributed by atoms with E-state index in [9.17, 15) is 0 Å². The van der Waals surface area contributed by atoms with Crippen molar-refractivity contribution in [3.05, 3.63) is 41.7 Å². The van der Waals surface area contributed by atoms with Crippen molar-refractivity contribution in [2.75, 3.05) is 13.1 Å². The number of aryl methyl sites for hydroxylation is 2. The molecule has 1 aromatic heterocycles. The molecule has 5 heteroatoms. The molecule has 1 aliphatic rings. The summed E-state index contributed by atoms with van der Waals surface area (Å²) in [5.74, 6) is 0.641. The van der Waals surface area contributed by atoms with Gasteiger partial charge in [0.15, 0.2) is 0 Å². The molecule has 2 unspecified atom stereocenters. The molecule has 0 radical (unpaired) electrons. The normalized spacial score (nSPS) is 21.4. The lowest BCUT2D eigenvalue weighted by Gasteiger charge is -2.22. The molecule has 2 heterocycles. The number of hydrogen-bond acceptors (Lipinski definition) is 3. The van der Waals surface area contributed by atoms with E-state index in [-0.39, 0.29) is 12.4 Å². The number of halogens is 1. The van der Waals surface area contributed by atoms with Crippen LogP contribution in [0.5, 0.6) is 0 Å². The van der Waals surface area contributed by atoms with Crippen LogP contribution in [0.3, 0.4) is 0 Å². The highest BCUT2D eigenvalue weighted by atomic mass is 35.5. The molecule has 2 aromatic rings. The van der Waals surface area contributed by atoms with Crippen molar-refractivity contribution in [3.63, 3.8) is 0 Å². The summed E-state index contributed by atoms with van der Waals surface area (Å²) in [6.07, 6.45) is 5.26. The van der Waals surface area contributed by atoms with Crippen LogP contribution in [0, 0.1) is 12.8 Å². The van der Waals surface area contributed by atoms with E-state index in [1.165, 1.54) is 28.7 Å². The zero-order valence-corrected chi connectivity index (χ0v) is 15.0. The molecular formula is C18H27ClN4. The van der Waals surface area contributed by atoms with Crippen LogP contribution in [-0.2, 0) is 13.6 Å². The van der Waals surface area contributed by atoms with Gasteiger partial charge in [0.05, 0.1) is 6.20 Å². The maximum Gasteiger partial charge on any atom is 0.0568 e. The standard InChI is InChI=1S/C18H26N4.ClH/c1-13-4-5-16(12-22-10-15(8-19)7-14(22)2)18(6-13)17-9-20-21(3)11-17;/h4-6,9,11,14-15H,7-8,10,12,19H2,1-3H3;1H. The van der Waals surface area contributed by atoms with E-state index in [1.807, 2.05) is 17.9 Å². The van der Waals surface area contributed by atoms with Gasteiger partial charge < -0.3 is 5.73 Å². The van der Waals surface area contributed by atoms with Gasteiger partial charge in [0.2, 0.25) is 0 Å². The van der Waals surface area contributed by atoms with E-state index in [2.05, 4.69) is 48.2 Å². The Morgan fingerprint density at radius 1 is 1.35 bits per heavy atom. The Morgan fingerprint density at radius 3 is 2.74 bits per heavy atom. The SMILES string of the molecule is Cc1ccc(CN2CC(CN)CC2C)c(-c2cnn(C)c2)c1.Cl. The summed E-state index contributed by atoms with van der Waals surface area (Å²) in [6.45, 7) is 7.35. The first-order valence-electron chi connectivity index (χ1n) is 8.09. The highest BCUT2D eigenvalue weighted by Crippen LogP contribution is 2.29. The van der Waals surface area contributed by atoms with Crippen molar-refractivity contribution >= 4 is 12.4 Å². The first-order chi connectivity index (χ1) is 10.6. The molecule has 4 nitrogen and oxygen atoms in total. The summed E-state index contributed by atoms with van der Waals surface area (Å²) in [5.41, 5.74) is 11.0. The molecule has 1 aromatic carbocycles. The Labute approximate surface area is 145 Å². The van der Waals surface area contributed by atoms with Crippen LogP contribution in [0.2, 0.25) is 0 Å². The second kappa shape index (κ2) is 7.47. The first kappa shape index (κ1) is 18.0. The number of aromatic nitrogens is 2. The Balaban J connectivity index is 0.00000192. The molecule has 0 saturated carbocycles. The molecule has 1 aliphatic heterocycles. The lowest BCUT2D eigenvalue weighted by molar-refractivity contribution is 0.256. The predicted molar refractivity (Wildman–Crippen MR) is 97.7 cm³/mol. The molecule has 2 N–H and O–H groups in total. The third kappa shape index (κ3) is 3.94. The second-order valence-electron chi connectivity index (χ2n) is 6.68. The highest BCUT2D eigenvalue weighted by molar-refractivity contribution is 5.85. The molecule has 0 aliphatic carbocycles. The van der Waals surface area contributed by atoms with Gasteiger partial charge in [-0.3, -0.25) is 9.58 Å². The van der Waals surface area contributed by atoms with Crippen LogP contribution in [-0.4, -0.2) is 33.8 Å². The van der Waals surface area contributed by atoms with Crippen molar-refractivity contribution in [1.29, 1.82) is 0 Å². The Morgan fingerprint density at radius 2 is 2.13 bits per heavy atom. The minimum atomic E-state index is 0. The Bertz CT molecular complexity index is 652. The summed E-state index contributed by atoms with van der Waals surface area (Å²) in [4.78, 5) is 2.56. The molecule has 0 bridgehead atoms. The Hall–Kier alpha value is -1.36. The third-order valence-electron chi connectivity index (χ3n) is 4.78. The second-order valence-corrected chi connectivity index (χ2v) is 6.68. The van der Waals surface area contributed by atoms with Gasteiger partial charge >= 0.3 is 0 Å². The molecule has 1 saturated heterocycles. The molecule has 0 spiro atoms. The van der Waals surface area contributed by atoms with E-state index in [4.69, 9.17) is 5.73 Å². The van der Waals surface area contributed by atoms with Crippen molar-refractivity contribution in [1.82, 2.24) is 14.7 Å². The zero-order chi connectivity index (χ0) is 15.7. The number of nitrogens with two attached hydrogens (primary N) is 1. The molecule has 0 amide bonds. The first-order valence-corrected chi connectivity index (χ1v) is 8.09. The number of benzene rings is 1.